The molecule has 0 bridgehead atoms. The number of nitrogens with one attached hydrogen (secondary N) is 2. The Kier molecular flexibility index (Phi) is 3.90. The van der Waals surface area contributed by atoms with E-state index >= 15 is 0 Å². The van der Waals surface area contributed by atoms with Gasteiger partial charge in [-0.05, 0) is 50.6 Å². The van der Waals surface area contributed by atoms with Crippen molar-refractivity contribution in [3.8, 4) is 17.0 Å². The first-order valence-electron chi connectivity index (χ1n) is 6.42. The molecule has 2 aromatic rings. The molecule has 0 fully saturated rings. The quantitative estimate of drug-likeness (QED) is 0.887. The summed E-state index contributed by atoms with van der Waals surface area (Å²) < 4.78 is 5.52. The molecule has 0 atom stereocenters. The van der Waals surface area contributed by atoms with Gasteiger partial charge in [-0.3, -0.25) is 5.10 Å². The van der Waals surface area contributed by atoms with Gasteiger partial charge in [-0.15, -0.1) is 0 Å². The third-order valence-corrected chi connectivity index (χ3v) is 3.36. The van der Waals surface area contributed by atoms with Crippen molar-refractivity contribution in [2.24, 2.45) is 0 Å². The van der Waals surface area contributed by atoms with E-state index in [0.717, 1.165) is 29.2 Å². The normalized spacial score (nSPS) is 10.8. The molecule has 0 spiro atoms. The number of H-pyrrole nitrogens is 1. The summed E-state index contributed by atoms with van der Waals surface area (Å²) >= 11 is 0. The number of aromatic amines is 1. The molecule has 0 aliphatic heterocycles. The molecule has 19 heavy (non-hydrogen) atoms. The molecule has 0 radical (unpaired) electrons. The minimum Gasteiger partial charge on any atom is -0.496 e. The van der Waals surface area contributed by atoms with Gasteiger partial charge in [0.2, 0.25) is 0 Å². The number of ether oxygens (including phenoxy) is 1. The lowest BCUT2D eigenvalue weighted by atomic mass is 9.98. The summed E-state index contributed by atoms with van der Waals surface area (Å²) in [6.45, 7) is 7.04. The van der Waals surface area contributed by atoms with Gasteiger partial charge in [-0.25, -0.2) is 0 Å². The first-order valence-corrected chi connectivity index (χ1v) is 6.42. The highest BCUT2D eigenvalue weighted by molar-refractivity contribution is 5.74. The highest BCUT2D eigenvalue weighted by Gasteiger charge is 2.17. The summed E-state index contributed by atoms with van der Waals surface area (Å²) in [7, 11) is 3.63. The second-order valence-corrected chi connectivity index (χ2v) is 4.87. The van der Waals surface area contributed by atoms with Crippen LogP contribution in [0.15, 0.2) is 12.1 Å². The monoisotopic (exact) mass is 259 g/mol. The Bertz CT molecular complexity index is 587. The summed E-state index contributed by atoms with van der Waals surface area (Å²) in [6.07, 6.45) is 0. The lowest BCUT2D eigenvalue weighted by Crippen LogP contribution is -2.06. The SMILES string of the molecule is CNCc1[nH]nc(-c2c(C)cc(C)cc2OC)c1C. The zero-order chi connectivity index (χ0) is 14.0. The van der Waals surface area contributed by atoms with E-state index in [1.54, 1.807) is 7.11 Å². The van der Waals surface area contributed by atoms with Gasteiger partial charge in [0.05, 0.1) is 18.5 Å². The van der Waals surface area contributed by atoms with Crippen LogP contribution in [0.4, 0.5) is 0 Å². The highest BCUT2D eigenvalue weighted by Crippen LogP contribution is 2.35. The van der Waals surface area contributed by atoms with Crippen LogP contribution in [0.25, 0.3) is 11.3 Å². The maximum atomic E-state index is 5.52. The van der Waals surface area contributed by atoms with E-state index < -0.39 is 0 Å². The van der Waals surface area contributed by atoms with Crippen LogP contribution in [0, 0.1) is 20.8 Å². The Hall–Kier alpha value is -1.81. The summed E-state index contributed by atoms with van der Waals surface area (Å²) in [5.74, 6) is 0.878. The van der Waals surface area contributed by atoms with Gasteiger partial charge < -0.3 is 10.1 Å². The van der Waals surface area contributed by atoms with Crippen molar-refractivity contribution in [3.05, 3.63) is 34.5 Å². The maximum absolute atomic E-state index is 5.52. The molecule has 2 rings (SSSR count). The zero-order valence-electron chi connectivity index (χ0n) is 12.2. The molecular formula is C15H21N3O. The molecule has 4 heteroatoms. The van der Waals surface area contributed by atoms with E-state index in [1.807, 2.05) is 13.1 Å². The molecule has 0 saturated carbocycles. The van der Waals surface area contributed by atoms with Crippen molar-refractivity contribution in [1.82, 2.24) is 15.5 Å². The van der Waals surface area contributed by atoms with E-state index in [9.17, 15) is 0 Å². The number of nitrogens with zero attached hydrogens (tertiary/aromatic N) is 1. The highest BCUT2D eigenvalue weighted by atomic mass is 16.5. The molecule has 0 saturated heterocycles. The van der Waals surface area contributed by atoms with Crippen LogP contribution >= 0.6 is 0 Å². The Morgan fingerprint density at radius 2 is 2.00 bits per heavy atom. The molecule has 2 N–H and O–H groups in total. The van der Waals surface area contributed by atoms with Crippen LogP contribution in [0.3, 0.4) is 0 Å². The number of hydrogen-bond donors (Lipinski definition) is 2. The van der Waals surface area contributed by atoms with Gasteiger partial charge in [0.1, 0.15) is 5.75 Å². The Labute approximate surface area is 114 Å². The lowest BCUT2D eigenvalue weighted by Gasteiger charge is -2.12. The number of aromatic nitrogens is 2. The van der Waals surface area contributed by atoms with E-state index in [-0.39, 0.29) is 0 Å². The average molecular weight is 259 g/mol. The fourth-order valence-electron chi connectivity index (χ4n) is 2.42. The standard InChI is InChI=1S/C15H21N3O/c1-9-6-10(2)14(13(7-9)19-5)15-11(3)12(8-16-4)17-18-15/h6-7,16H,8H2,1-5H3,(H,17,18). The third-order valence-electron chi connectivity index (χ3n) is 3.36. The van der Waals surface area contributed by atoms with Crippen molar-refractivity contribution < 1.29 is 4.74 Å². The Morgan fingerprint density at radius 1 is 1.26 bits per heavy atom. The third kappa shape index (κ3) is 2.49. The van der Waals surface area contributed by atoms with Gasteiger partial charge in [0.25, 0.3) is 0 Å². The van der Waals surface area contributed by atoms with Gasteiger partial charge >= 0.3 is 0 Å². The first kappa shape index (κ1) is 13.6. The van der Waals surface area contributed by atoms with Crippen LogP contribution in [0.5, 0.6) is 5.75 Å². The van der Waals surface area contributed by atoms with Gasteiger partial charge in [0, 0.05) is 12.1 Å². The van der Waals surface area contributed by atoms with Gasteiger partial charge in [-0.2, -0.15) is 5.10 Å². The van der Waals surface area contributed by atoms with Crippen molar-refractivity contribution in [3.63, 3.8) is 0 Å². The van der Waals surface area contributed by atoms with E-state index in [1.165, 1.54) is 16.7 Å². The molecule has 0 amide bonds. The molecule has 0 aliphatic carbocycles. The van der Waals surface area contributed by atoms with Gasteiger partial charge in [0.15, 0.2) is 0 Å². The minimum absolute atomic E-state index is 0.784. The largest absolute Gasteiger partial charge is 0.496 e. The van der Waals surface area contributed by atoms with Crippen LogP contribution in [-0.4, -0.2) is 24.4 Å². The number of rotatable bonds is 4. The van der Waals surface area contributed by atoms with E-state index in [0.29, 0.717) is 0 Å². The van der Waals surface area contributed by atoms with Crippen molar-refractivity contribution in [2.45, 2.75) is 27.3 Å². The predicted octanol–water partition coefficient (Wildman–Crippen LogP) is 2.73. The van der Waals surface area contributed by atoms with Gasteiger partial charge in [-0.1, -0.05) is 6.07 Å². The average Bonchev–Trinajstić information content (AvgIpc) is 2.71. The Morgan fingerprint density at radius 3 is 2.63 bits per heavy atom. The zero-order valence-corrected chi connectivity index (χ0v) is 12.2. The number of aryl methyl sites for hydroxylation is 2. The molecule has 0 unspecified atom stereocenters. The molecule has 1 heterocycles. The lowest BCUT2D eigenvalue weighted by molar-refractivity contribution is 0.415. The van der Waals surface area contributed by atoms with Crippen LogP contribution in [-0.2, 0) is 6.54 Å². The minimum atomic E-state index is 0.784. The second-order valence-electron chi connectivity index (χ2n) is 4.87. The number of methoxy groups -OCH3 is 1. The Balaban J connectivity index is 2.58. The summed E-state index contributed by atoms with van der Waals surface area (Å²) in [6, 6.07) is 4.21. The molecular weight excluding hydrogens is 238 g/mol. The van der Waals surface area contributed by atoms with Crippen LogP contribution in [0.2, 0.25) is 0 Å². The van der Waals surface area contributed by atoms with Crippen LogP contribution in [0.1, 0.15) is 22.4 Å². The molecule has 102 valence electrons. The molecule has 4 nitrogen and oxygen atoms in total. The van der Waals surface area contributed by atoms with E-state index in [2.05, 4.69) is 42.4 Å². The smallest absolute Gasteiger partial charge is 0.128 e. The first-order chi connectivity index (χ1) is 9.08. The van der Waals surface area contributed by atoms with Crippen molar-refractivity contribution in [2.75, 3.05) is 14.2 Å². The summed E-state index contributed by atoms with van der Waals surface area (Å²) in [5.41, 5.74) is 6.70. The molecule has 1 aromatic carbocycles. The van der Waals surface area contributed by atoms with Crippen molar-refractivity contribution in [1.29, 1.82) is 0 Å². The summed E-state index contributed by atoms with van der Waals surface area (Å²) in [4.78, 5) is 0. The van der Waals surface area contributed by atoms with E-state index in [4.69, 9.17) is 4.74 Å². The molecule has 0 aliphatic rings. The maximum Gasteiger partial charge on any atom is 0.128 e. The number of benzene rings is 1. The molecule has 1 aromatic heterocycles. The fourth-order valence-corrected chi connectivity index (χ4v) is 2.42. The predicted molar refractivity (Wildman–Crippen MR) is 77.6 cm³/mol. The second kappa shape index (κ2) is 5.45. The van der Waals surface area contributed by atoms with Crippen LogP contribution < -0.4 is 10.1 Å². The number of hydrogen-bond acceptors (Lipinski definition) is 3. The summed E-state index contributed by atoms with van der Waals surface area (Å²) in [5, 5.41) is 10.7. The topological polar surface area (TPSA) is 49.9 Å². The van der Waals surface area contributed by atoms with Crippen molar-refractivity contribution >= 4 is 0 Å². The fraction of sp³-hybridized carbons (Fsp3) is 0.400.